The van der Waals surface area contributed by atoms with Gasteiger partial charge in [-0.25, -0.2) is 0 Å². The zero-order chi connectivity index (χ0) is 13.4. The maximum absolute atomic E-state index is 12.3. The highest BCUT2D eigenvalue weighted by Gasteiger charge is 2.31. The Labute approximate surface area is 121 Å². The summed E-state index contributed by atoms with van der Waals surface area (Å²) in [6.45, 7) is 2.02. The van der Waals surface area contributed by atoms with Gasteiger partial charge in [-0.1, -0.05) is 39.0 Å². The van der Waals surface area contributed by atoms with Crippen molar-refractivity contribution in [2.45, 2.75) is 63.8 Å². The van der Waals surface area contributed by atoms with Crippen molar-refractivity contribution in [2.24, 2.45) is 5.92 Å². The zero-order valence-corrected chi connectivity index (χ0v) is 12.8. The number of carbonyl (C=O) groups excluding carboxylic acids is 1. The van der Waals surface area contributed by atoms with E-state index < -0.39 is 5.54 Å². The summed E-state index contributed by atoms with van der Waals surface area (Å²) in [5, 5.41) is 3.09. The molecule has 0 aliphatic heterocycles. The van der Waals surface area contributed by atoms with Crippen LogP contribution in [0.2, 0.25) is 0 Å². The van der Waals surface area contributed by atoms with Crippen molar-refractivity contribution in [1.29, 1.82) is 0 Å². The Kier molecular flexibility index (Phi) is 7.40. The average molecular weight is 294 g/mol. The largest absolute Gasteiger partial charge is 0.348 e. The molecule has 1 saturated carbocycles. The minimum absolute atomic E-state index is 0.153. The molecule has 1 aliphatic carbocycles. The lowest BCUT2D eigenvalue weighted by atomic mass is 9.89. The van der Waals surface area contributed by atoms with Crippen LogP contribution >= 0.6 is 23.2 Å². The van der Waals surface area contributed by atoms with Gasteiger partial charge in [0.25, 0.3) is 0 Å². The van der Waals surface area contributed by atoms with E-state index in [2.05, 4.69) is 5.32 Å². The third-order valence-electron chi connectivity index (χ3n) is 4.05. The van der Waals surface area contributed by atoms with Crippen LogP contribution in [0, 0.1) is 5.92 Å². The van der Waals surface area contributed by atoms with Crippen LogP contribution in [-0.4, -0.2) is 23.2 Å². The van der Waals surface area contributed by atoms with Gasteiger partial charge in [-0.05, 0) is 19.3 Å². The van der Waals surface area contributed by atoms with E-state index >= 15 is 0 Å². The summed E-state index contributed by atoms with van der Waals surface area (Å²) >= 11 is 11.9. The van der Waals surface area contributed by atoms with Crippen LogP contribution in [-0.2, 0) is 4.79 Å². The summed E-state index contributed by atoms with van der Waals surface area (Å²) in [4.78, 5) is 12.3. The average Bonchev–Trinajstić information content (AvgIpc) is 2.35. The summed E-state index contributed by atoms with van der Waals surface area (Å²) in [7, 11) is 0. The summed E-state index contributed by atoms with van der Waals surface area (Å²) < 4.78 is 0. The highest BCUT2D eigenvalue weighted by atomic mass is 35.5. The van der Waals surface area contributed by atoms with Gasteiger partial charge in [0.05, 0.1) is 5.54 Å². The molecule has 0 radical (unpaired) electrons. The Hall–Kier alpha value is 0.0500. The summed E-state index contributed by atoms with van der Waals surface area (Å²) in [6, 6.07) is 0. The van der Waals surface area contributed by atoms with Crippen LogP contribution in [0.3, 0.4) is 0 Å². The van der Waals surface area contributed by atoms with E-state index in [1.165, 1.54) is 32.1 Å². The fourth-order valence-electron chi connectivity index (χ4n) is 2.46. The lowest BCUT2D eigenvalue weighted by Crippen LogP contribution is -2.53. The van der Waals surface area contributed by atoms with Crippen LogP contribution in [0.5, 0.6) is 0 Å². The summed E-state index contributed by atoms with van der Waals surface area (Å²) in [5.41, 5.74) is -0.428. The standard InChI is InChI=1S/C14H25Cl2NO/c1-2-14(10-15,11-16)17-13(18)12-8-6-4-3-5-7-9-12/h12H,2-11H2,1H3,(H,17,18). The number of carbonyl (C=O) groups is 1. The summed E-state index contributed by atoms with van der Waals surface area (Å²) in [6.07, 6.45) is 8.96. The van der Waals surface area contributed by atoms with Crippen LogP contribution in [0.1, 0.15) is 58.3 Å². The lowest BCUT2D eigenvalue weighted by Gasteiger charge is -2.32. The van der Waals surface area contributed by atoms with Gasteiger partial charge < -0.3 is 5.32 Å². The fourth-order valence-corrected chi connectivity index (χ4v) is 3.26. The molecule has 0 spiro atoms. The van der Waals surface area contributed by atoms with Gasteiger partial charge in [-0.2, -0.15) is 0 Å². The molecule has 4 heteroatoms. The van der Waals surface area contributed by atoms with E-state index in [1.807, 2.05) is 6.92 Å². The molecule has 0 bridgehead atoms. The van der Waals surface area contributed by atoms with Gasteiger partial charge in [0.2, 0.25) is 5.91 Å². The molecule has 1 aliphatic rings. The first kappa shape index (κ1) is 16.1. The predicted molar refractivity (Wildman–Crippen MR) is 78.4 cm³/mol. The summed E-state index contributed by atoms with van der Waals surface area (Å²) in [5.74, 6) is 1.07. The van der Waals surface area contributed by atoms with E-state index in [0.29, 0.717) is 11.8 Å². The molecule has 0 atom stereocenters. The number of amides is 1. The van der Waals surface area contributed by atoms with E-state index in [1.54, 1.807) is 0 Å². The normalized spacial score (nSPS) is 19.1. The second-order valence-electron chi connectivity index (χ2n) is 5.43. The quantitative estimate of drug-likeness (QED) is 0.760. The molecule has 0 aromatic rings. The Balaban J connectivity index is 2.56. The van der Waals surface area contributed by atoms with E-state index in [-0.39, 0.29) is 11.8 Å². The molecule has 0 unspecified atom stereocenters. The third kappa shape index (κ3) is 4.62. The Morgan fingerprint density at radius 3 is 2.06 bits per heavy atom. The highest BCUT2D eigenvalue weighted by molar-refractivity contribution is 6.22. The Morgan fingerprint density at radius 1 is 1.11 bits per heavy atom. The van der Waals surface area contributed by atoms with Crippen molar-refractivity contribution < 1.29 is 4.79 Å². The molecule has 0 saturated heterocycles. The first-order chi connectivity index (χ1) is 8.67. The maximum Gasteiger partial charge on any atom is 0.223 e. The first-order valence-electron chi connectivity index (χ1n) is 7.11. The molecule has 0 heterocycles. The van der Waals surface area contributed by atoms with Gasteiger partial charge in [0.15, 0.2) is 0 Å². The minimum Gasteiger partial charge on any atom is -0.348 e. The molecule has 1 amide bonds. The Morgan fingerprint density at radius 2 is 1.61 bits per heavy atom. The molecule has 0 aromatic carbocycles. The monoisotopic (exact) mass is 293 g/mol. The number of rotatable bonds is 5. The van der Waals surface area contributed by atoms with Crippen LogP contribution in [0.25, 0.3) is 0 Å². The molecular weight excluding hydrogens is 269 g/mol. The molecular formula is C14H25Cl2NO. The fraction of sp³-hybridized carbons (Fsp3) is 0.929. The molecule has 1 rings (SSSR count). The smallest absolute Gasteiger partial charge is 0.223 e. The van der Waals surface area contributed by atoms with Gasteiger partial charge in [-0.15, -0.1) is 23.2 Å². The number of alkyl halides is 2. The highest BCUT2D eigenvalue weighted by Crippen LogP contribution is 2.24. The molecule has 2 nitrogen and oxygen atoms in total. The predicted octanol–water partition coefficient (Wildman–Crippen LogP) is 4.09. The van der Waals surface area contributed by atoms with Gasteiger partial charge >= 0.3 is 0 Å². The number of hydrogen-bond donors (Lipinski definition) is 1. The number of nitrogens with one attached hydrogen (secondary N) is 1. The van der Waals surface area contributed by atoms with Crippen molar-refractivity contribution in [3.05, 3.63) is 0 Å². The number of halogens is 2. The van der Waals surface area contributed by atoms with Gasteiger partial charge in [-0.3, -0.25) is 4.79 Å². The topological polar surface area (TPSA) is 29.1 Å². The SMILES string of the molecule is CCC(CCl)(CCl)NC(=O)C1CCCCCCC1. The lowest BCUT2D eigenvalue weighted by molar-refractivity contribution is -0.127. The van der Waals surface area contributed by atoms with Crippen molar-refractivity contribution >= 4 is 29.1 Å². The molecule has 0 aromatic heterocycles. The van der Waals surface area contributed by atoms with E-state index in [0.717, 1.165) is 19.3 Å². The van der Waals surface area contributed by atoms with Crippen molar-refractivity contribution in [3.8, 4) is 0 Å². The van der Waals surface area contributed by atoms with Crippen molar-refractivity contribution in [3.63, 3.8) is 0 Å². The molecule has 106 valence electrons. The van der Waals surface area contributed by atoms with Gasteiger partial charge in [0, 0.05) is 17.7 Å². The van der Waals surface area contributed by atoms with Crippen LogP contribution < -0.4 is 5.32 Å². The number of hydrogen-bond acceptors (Lipinski definition) is 1. The van der Waals surface area contributed by atoms with Crippen molar-refractivity contribution in [2.75, 3.05) is 11.8 Å². The van der Waals surface area contributed by atoms with Crippen LogP contribution in [0.15, 0.2) is 0 Å². The zero-order valence-electron chi connectivity index (χ0n) is 11.3. The van der Waals surface area contributed by atoms with Crippen molar-refractivity contribution in [1.82, 2.24) is 5.32 Å². The second-order valence-corrected chi connectivity index (χ2v) is 5.97. The molecule has 1 fully saturated rings. The Bertz CT molecular complexity index is 238. The minimum atomic E-state index is -0.428. The second kappa shape index (κ2) is 8.27. The molecule has 1 N–H and O–H groups in total. The maximum atomic E-state index is 12.3. The third-order valence-corrected chi connectivity index (χ3v) is 5.08. The van der Waals surface area contributed by atoms with E-state index in [9.17, 15) is 4.79 Å². The molecule has 18 heavy (non-hydrogen) atoms. The van der Waals surface area contributed by atoms with E-state index in [4.69, 9.17) is 23.2 Å². The first-order valence-corrected chi connectivity index (χ1v) is 8.18. The van der Waals surface area contributed by atoms with Gasteiger partial charge in [0.1, 0.15) is 0 Å². The van der Waals surface area contributed by atoms with Crippen LogP contribution in [0.4, 0.5) is 0 Å².